The van der Waals surface area contributed by atoms with Gasteiger partial charge in [-0.3, -0.25) is 14.9 Å². The van der Waals surface area contributed by atoms with Gasteiger partial charge in [-0.05, 0) is 36.8 Å². The molecule has 0 aromatic heterocycles. The van der Waals surface area contributed by atoms with Crippen molar-refractivity contribution in [2.45, 2.75) is 25.2 Å². The fourth-order valence-corrected chi connectivity index (χ4v) is 3.65. The molecule has 1 aliphatic rings. The number of allylic oxidation sites excluding steroid dienone is 4. The van der Waals surface area contributed by atoms with Gasteiger partial charge in [-0.15, -0.1) is 0 Å². The number of non-ortho nitro benzene ring substituents is 1. The lowest BCUT2D eigenvalue weighted by Crippen LogP contribution is -2.20. The Hall–Kier alpha value is -3.96. The summed E-state index contributed by atoms with van der Waals surface area (Å²) < 4.78 is 0. The summed E-state index contributed by atoms with van der Waals surface area (Å²) in [5.41, 5.74) is 0.462. The third kappa shape index (κ3) is 5.80. The highest BCUT2D eigenvalue weighted by Crippen LogP contribution is 2.29. The largest absolute Gasteiger partial charge is 0.332 e. The van der Waals surface area contributed by atoms with E-state index in [0.717, 1.165) is 16.7 Å². The van der Waals surface area contributed by atoms with Gasteiger partial charge >= 0.3 is 5.97 Å². The Morgan fingerprint density at radius 3 is 2.59 bits per heavy atom. The van der Waals surface area contributed by atoms with Crippen molar-refractivity contribution in [2.24, 2.45) is 5.16 Å². The van der Waals surface area contributed by atoms with Crippen LogP contribution in [-0.2, 0) is 14.4 Å². The van der Waals surface area contributed by atoms with Crippen LogP contribution in [0.4, 0.5) is 5.69 Å². The van der Waals surface area contributed by atoms with Crippen LogP contribution in [0.2, 0.25) is 0 Å². The maximum atomic E-state index is 13.3. The van der Waals surface area contributed by atoms with Gasteiger partial charge in [0.25, 0.3) is 5.69 Å². The molecule has 0 heterocycles. The summed E-state index contributed by atoms with van der Waals surface area (Å²) >= 11 is 1.55. The number of nitro benzene ring substituents is 1. The van der Waals surface area contributed by atoms with Crippen molar-refractivity contribution in [3.63, 3.8) is 0 Å². The number of benzene rings is 2. The molecule has 1 aliphatic carbocycles. The molecule has 0 unspecified atom stereocenters. The SMILES string of the molecule is CC(=O)O/N=C(\C(=O)C1=CC=C(Sc2ccccc2)CC#C1)c1cc([N+](=O)[O-])ccc1C. The van der Waals surface area contributed by atoms with Crippen molar-refractivity contribution in [1.29, 1.82) is 0 Å². The highest BCUT2D eigenvalue weighted by atomic mass is 32.2. The number of thioether (sulfide) groups is 1. The first kappa shape index (κ1) is 22.7. The highest BCUT2D eigenvalue weighted by Gasteiger charge is 2.23. The zero-order valence-corrected chi connectivity index (χ0v) is 18.1. The Labute approximate surface area is 189 Å². The lowest BCUT2D eigenvalue weighted by molar-refractivity contribution is -0.384. The summed E-state index contributed by atoms with van der Waals surface area (Å²) in [6.45, 7) is 2.82. The van der Waals surface area contributed by atoms with Crippen LogP contribution in [0.3, 0.4) is 0 Å². The Morgan fingerprint density at radius 2 is 1.91 bits per heavy atom. The number of carbonyl (C=O) groups is 2. The molecule has 3 rings (SSSR count). The molecule has 0 bridgehead atoms. The van der Waals surface area contributed by atoms with E-state index in [9.17, 15) is 19.7 Å². The minimum absolute atomic E-state index is 0.144. The fraction of sp³-hybridized carbons (Fsp3) is 0.125. The summed E-state index contributed by atoms with van der Waals surface area (Å²) in [4.78, 5) is 41.9. The van der Waals surface area contributed by atoms with E-state index in [1.54, 1.807) is 30.8 Å². The van der Waals surface area contributed by atoms with E-state index in [0.29, 0.717) is 12.0 Å². The van der Waals surface area contributed by atoms with Gasteiger partial charge in [0.15, 0.2) is 5.71 Å². The summed E-state index contributed by atoms with van der Waals surface area (Å²) in [6, 6.07) is 13.8. The van der Waals surface area contributed by atoms with E-state index < -0.39 is 16.7 Å². The van der Waals surface area contributed by atoms with Gasteiger partial charge in [0.2, 0.25) is 5.78 Å². The molecule has 0 N–H and O–H groups in total. The van der Waals surface area contributed by atoms with Crippen molar-refractivity contribution in [2.75, 3.05) is 0 Å². The summed E-state index contributed by atoms with van der Waals surface area (Å²) in [7, 11) is 0. The van der Waals surface area contributed by atoms with Gasteiger partial charge in [0.1, 0.15) is 0 Å². The smallest absolute Gasteiger partial charge is 0.318 e. The number of ketones is 1. The van der Waals surface area contributed by atoms with Crippen LogP contribution in [0.5, 0.6) is 0 Å². The van der Waals surface area contributed by atoms with Gasteiger partial charge in [0.05, 0.1) is 10.5 Å². The topological polar surface area (TPSA) is 98.9 Å². The number of nitro groups is 1. The van der Waals surface area contributed by atoms with Crippen molar-refractivity contribution in [3.05, 3.63) is 92.4 Å². The van der Waals surface area contributed by atoms with Crippen molar-refractivity contribution in [1.82, 2.24) is 0 Å². The molecular formula is C24H18N2O5S. The maximum Gasteiger partial charge on any atom is 0.332 e. The normalized spacial score (nSPS) is 13.1. The molecule has 32 heavy (non-hydrogen) atoms. The zero-order chi connectivity index (χ0) is 23.1. The Morgan fingerprint density at radius 1 is 1.16 bits per heavy atom. The molecule has 2 aromatic rings. The van der Waals surface area contributed by atoms with Crippen LogP contribution in [0, 0.1) is 28.9 Å². The minimum Gasteiger partial charge on any atom is -0.318 e. The second-order valence-corrected chi connectivity index (χ2v) is 7.92. The highest BCUT2D eigenvalue weighted by molar-refractivity contribution is 8.03. The Bertz CT molecular complexity index is 1230. The molecule has 0 amide bonds. The molecule has 2 aromatic carbocycles. The molecule has 0 saturated carbocycles. The van der Waals surface area contributed by atoms with Gasteiger partial charge in [0, 0.05) is 40.8 Å². The molecule has 0 spiro atoms. The van der Waals surface area contributed by atoms with Crippen molar-refractivity contribution < 1.29 is 19.3 Å². The molecular weight excluding hydrogens is 428 g/mol. The molecule has 0 aliphatic heterocycles. The van der Waals surface area contributed by atoms with Crippen LogP contribution >= 0.6 is 11.8 Å². The first-order chi connectivity index (χ1) is 15.3. The number of rotatable bonds is 7. The first-order valence-corrected chi connectivity index (χ1v) is 10.3. The standard InChI is InChI=1S/C24H18N2O5S/c1-16-11-13-19(26(29)30)15-22(16)23(25-31-17(2)27)24(28)18-7-6-10-21(14-12-18)32-20-8-4-3-5-9-20/h3-5,8-9,11-15H,10H2,1-2H3/b25-23-. The van der Waals surface area contributed by atoms with E-state index >= 15 is 0 Å². The molecule has 7 nitrogen and oxygen atoms in total. The van der Waals surface area contributed by atoms with E-state index in [1.807, 2.05) is 30.3 Å². The quantitative estimate of drug-likeness (QED) is 0.200. The zero-order valence-electron chi connectivity index (χ0n) is 17.3. The third-order valence-electron chi connectivity index (χ3n) is 4.33. The fourth-order valence-electron chi connectivity index (χ4n) is 2.77. The van der Waals surface area contributed by atoms with Crippen LogP contribution in [0.15, 0.2) is 81.2 Å². The predicted molar refractivity (Wildman–Crippen MR) is 122 cm³/mol. The van der Waals surface area contributed by atoms with Crippen LogP contribution in [0.1, 0.15) is 24.5 Å². The Kier molecular flexibility index (Phi) is 7.37. The van der Waals surface area contributed by atoms with Gasteiger partial charge in [-0.2, -0.15) is 0 Å². The second-order valence-electron chi connectivity index (χ2n) is 6.72. The second kappa shape index (κ2) is 10.4. The lowest BCUT2D eigenvalue weighted by Gasteiger charge is -2.08. The number of aryl methyl sites for hydroxylation is 1. The minimum atomic E-state index is -0.722. The van der Waals surface area contributed by atoms with Gasteiger partial charge < -0.3 is 4.84 Å². The summed E-state index contributed by atoms with van der Waals surface area (Å²) in [5.74, 6) is 4.48. The molecule has 160 valence electrons. The number of hydrogen-bond acceptors (Lipinski definition) is 7. The van der Waals surface area contributed by atoms with Crippen LogP contribution < -0.4 is 0 Å². The van der Waals surface area contributed by atoms with E-state index in [4.69, 9.17) is 4.84 Å². The molecule has 0 saturated heterocycles. The average molecular weight is 446 g/mol. The number of Topliss-reactive ketones (excluding diaryl/α,β-unsaturated/α-hetero) is 1. The number of oxime groups is 1. The average Bonchev–Trinajstić information content (AvgIpc) is 3.00. The van der Waals surface area contributed by atoms with Gasteiger partial charge in [-0.25, -0.2) is 4.79 Å². The number of hydrogen-bond donors (Lipinski definition) is 0. The van der Waals surface area contributed by atoms with Crippen LogP contribution in [-0.4, -0.2) is 22.4 Å². The third-order valence-corrected chi connectivity index (χ3v) is 5.38. The molecule has 8 heteroatoms. The molecule has 0 radical (unpaired) electrons. The van der Waals surface area contributed by atoms with Crippen molar-refractivity contribution in [3.8, 4) is 11.8 Å². The number of nitrogens with zero attached hydrogens (tertiary/aromatic N) is 2. The summed E-state index contributed by atoms with van der Waals surface area (Å²) in [5, 5.41) is 14.9. The predicted octanol–water partition coefficient (Wildman–Crippen LogP) is 4.75. The Balaban J connectivity index is 1.97. The van der Waals surface area contributed by atoms with Crippen LogP contribution in [0.25, 0.3) is 0 Å². The van der Waals surface area contributed by atoms with E-state index in [-0.39, 0.29) is 22.5 Å². The first-order valence-electron chi connectivity index (χ1n) is 9.53. The van der Waals surface area contributed by atoms with E-state index in [2.05, 4.69) is 17.0 Å². The van der Waals surface area contributed by atoms with Crippen molar-refractivity contribution >= 4 is 34.9 Å². The maximum absolute atomic E-state index is 13.3. The summed E-state index contributed by atoms with van der Waals surface area (Å²) in [6.07, 6.45) is 3.84. The van der Waals surface area contributed by atoms with E-state index in [1.165, 1.54) is 18.2 Å². The monoisotopic (exact) mass is 446 g/mol. The number of carbonyl (C=O) groups excluding carboxylic acids is 2. The molecule has 0 atom stereocenters. The molecule has 0 fully saturated rings. The van der Waals surface area contributed by atoms with Gasteiger partial charge in [-0.1, -0.05) is 53.0 Å². The lowest BCUT2D eigenvalue weighted by atomic mass is 9.96.